The Labute approximate surface area is 138 Å². The molecule has 23 heavy (non-hydrogen) atoms. The van der Waals surface area contributed by atoms with Crippen LogP contribution in [0.15, 0.2) is 5.38 Å². The van der Waals surface area contributed by atoms with Crippen LogP contribution in [-0.2, 0) is 20.8 Å². The fourth-order valence-corrected chi connectivity index (χ4v) is 3.01. The summed E-state index contributed by atoms with van der Waals surface area (Å²) in [5.74, 6) is -1.35. The maximum Gasteiger partial charge on any atom is 0.326 e. The van der Waals surface area contributed by atoms with E-state index in [4.69, 9.17) is 5.11 Å². The number of hydrogen-bond acceptors (Lipinski definition) is 5. The average molecular weight is 339 g/mol. The van der Waals surface area contributed by atoms with E-state index in [2.05, 4.69) is 10.3 Å². The van der Waals surface area contributed by atoms with Crippen molar-refractivity contribution in [3.63, 3.8) is 0 Å². The van der Waals surface area contributed by atoms with Gasteiger partial charge in [-0.05, 0) is 12.8 Å². The monoisotopic (exact) mass is 339 g/mol. The van der Waals surface area contributed by atoms with Crippen molar-refractivity contribution in [3.05, 3.63) is 11.1 Å². The van der Waals surface area contributed by atoms with E-state index in [1.54, 1.807) is 26.2 Å². The lowest BCUT2D eigenvalue weighted by Crippen LogP contribution is -2.41. The molecule has 2 amide bonds. The van der Waals surface area contributed by atoms with E-state index in [0.29, 0.717) is 30.2 Å². The number of anilines is 1. The normalized spacial score (nSPS) is 18.0. The Balaban J connectivity index is 1.98. The Morgan fingerprint density at radius 2 is 2.13 bits per heavy atom. The first-order valence-electron chi connectivity index (χ1n) is 7.46. The first kappa shape index (κ1) is 17.4. The number of hydrogen-bond donors (Lipinski definition) is 2. The zero-order valence-corrected chi connectivity index (χ0v) is 14.3. The highest BCUT2D eigenvalue weighted by Crippen LogP contribution is 2.22. The highest BCUT2D eigenvalue weighted by molar-refractivity contribution is 7.13. The van der Waals surface area contributed by atoms with E-state index in [9.17, 15) is 14.4 Å². The third kappa shape index (κ3) is 4.28. The first-order valence-corrected chi connectivity index (χ1v) is 8.34. The maximum absolute atomic E-state index is 12.3. The molecule has 2 heterocycles. The van der Waals surface area contributed by atoms with Crippen LogP contribution in [0.4, 0.5) is 5.13 Å². The summed E-state index contributed by atoms with van der Waals surface area (Å²) in [6.45, 7) is 5.88. The third-order valence-corrected chi connectivity index (χ3v) is 4.45. The van der Waals surface area contributed by atoms with Gasteiger partial charge >= 0.3 is 5.97 Å². The Morgan fingerprint density at radius 1 is 1.43 bits per heavy atom. The van der Waals surface area contributed by atoms with Crippen molar-refractivity contribution in [1.82, 2.24) is 9.88 Å². The predicted octanol–water partition coefficient (Wildman–Crippen LogP) is 1.75. The van der Waals surface area contributed by atoms with Gasteiger partial charge in [0.1, 0.15) is 6.04 Å². The van der Waals surface area contributed by atoms with Gasteiger partial charge in [0.25, 0.3) is 0 Å². The van der Waals surface area contributed by atoms with Crippen LogP contribution in [0.25, 0.3) is 0 Å². The van der Waals surface area contributed by atoms with Gasteiger partial charge in [-0.2, -0.15) is 0 Å². The second-order valence-corrected chi connectivity index (χ2v) is 7.47. The SMILES string of the molecule is CC(C)(C)C(=O)Nc1nc(CC(=O)N2CCC[C@@H]2C(=O)O)cs1. The van der Waals surface area contributed by atoms with Gasteiger partial charge in [-0.1, -0.05) is 20.8 Å². The standard InChI is InChI=1S/C15H21N3O4S/c1-15(2,3)13(22)17-14-16-9(8-23-14)7-11(19)18-6-4-5-10(18)12(20)21/h8,10H,4-7H2,1-3H3,(H,20,21)(H,16,17,22)/t10-/m1/s1. The molecular weight excluding hydrogens is 318 g/mol. The van der Waals surface area contributed by atoms with Crippen LogP contribution in [-0.4, -0.2) is 45.4 Å². The number of nitrogens with zero attached hydrogens (tertiary/aromatic N) is 2. The van der Waals surface area contributed by atoms with Crippen LogP contribution >= 0.6 is 11.3 Å². The second kappa shape index (κ2) is 6.66. The molecule has 1 aromatic heterocycles. The number of likely N-dealkylation sites (tertiary alicyclic amines) is 1. The number of carboxylic acids is 1. The maximum atomic E-state index is 12.3. The van der Waals surface area contributed by atoms with Gasteiger partial charge < -0.3 is 15.3 Å². The molecule has 1 saturated heterocycles. The Morgan fingerprint density at radius 3 is 2.74 bits per heavy atom. The smallest absolute Gasteiger partial charge is 0.326 e. The van der Waals surface area contributed by atoms with E-state index in [1.165, 1.54) is 16.2 Å². The number of amides is 2. The molecule has 8 heteroatoms. The summed E-state index contributed by atoms with van der Waals surface area (Å²) < 4.78 is 0. The molecule has 2 rings (SSSR count). The summed E-state index contributed by atoms with van der Waals surface area (Å²) in [5.41, 5.74) is 0.0200. The van der Waals surface area contributed by atoms with Crippen molar-refractivity contribution in [2.24, 2.45) is 5.41 Å². The topological polar surface area (TPSA) is 99.6 Å². The lowest BCUT2D eigenvalue weighted by Gasteiger charge is -2.20. The minimum absolute atomic E-state index is 0.0473. The Bertz CT molecular complexity index is 620. The molecule has 1 atom stereocenters. The fraction of sp³-hybridized carbons (Fsp3) is 0.600. The molecule has 0 bridgehead atoms. The number of nitrogens with one attached hydrogen (secondary N) is 1. The minimum atomic E-state index is -0.966. The fourth-order valence-electron chi connectivity index (χ4n) is 2.31. The van der Waals surface area contributed by atoms with Gasteiger partial charge in [-0.3, -0.25) is 9.59 Å². The zero-order chi connectivity index (χ0) is 17.2. The summed E-state index contributed by atoms with van der Waals surface area (Å²) in [6.07, 6.45) is 1.24. The van der Waals surface area contributed by atoms with Crippen LogP contribution < -0.4 is 5.32 Å². The number of carboxylic acid groups (broad SMARTS) is 1. The van der Waals surface area contributed by atoms with Gasteiger partial charge in [0.15, 0.2) is 5.13 Å². The molecule has 0 aliphatic carbocycles. The lowest BCUT2D eigenvalue weighted by molar-refractivity contribution is -0.148. The van der Waals surface area contributed by atoms with Crippen molar-refractivity contribution in [2.45, 2.75) is 46.1 Å². The number of thiazole rings is 1. The summed E-state index contributed by atoms with van der Waals surface area (Å²) in [7, 11) is 0. The van der Waals surface area contributed by atoms with E-state index in [1.807, 2.05) is 0 Å². The Kier molecular flexibility index (Phi) is 5.03. The molecule has 0 aromatic carbocycles. The zero-order valence-electron chi connectivity index (χ0n) is 13.5. The molecule has 7 nitrogen and oxygen atoms in total. The van der Waals surface area contributed by atoms with Crippen molar-refractivity contribution in [1.29, 1.82) is 0 Å². The molecule has 0 unspecified atom stereocenters. The second-order valence-electron chi connectivity index (χ2n) is 6.61. The third-order valence-electron chi connectivity index (χ3n) is 3.64. The summed E-state index contributed by atoms with van der Waals surface area (Å²) >= 11 is 1.26. The number of rotatable bonds is 4. The first-order chi connectivity index (χ1) is 10.7. The van der Waals surface area contributed by atoms with Crippen molar-refractivity contribution in [3.8, 4) is 0 Å². The molecule has 1 fully saturated rings. The van der Waals surface area contributed by atoms with Crippen molar-refractivity contribution >= 4 is 34.3 Å². The van der Waals surface area contributed by atoms with Crippen LogP contribution in [0.5, 0.6) is 0 Å². The summed E-state index contributed by atoms with van der Waals surface area (Å²) in [4.78, 5) is 40.9. The molecule has 1 aliphatic rings. The van der Waals surface area contributed by atoms with Crippen molar-refractivity contribution in [2.75, 3.05) is 11.9 Å². The minimum Gasteiger partial charge on any atom is -0.480 e. The Hall–Kier alpha value is -1.96. The summed E-state index contributed by atoms with van der Waals surface area (Å²) in [5, 5.41) is 14.0. The van der Waals surface area contributed by atoms with E-state index < -0.39 is 17.4 Å². The van der Waals surface area contributed by atoms with Gasteiger partial charge in [0, 0.05) is 17.3 Å². The quantitative estimate of drug-likeness (QED) is 0.870. The van der Waals surface area contributed by atoms with Crippen LogP contribution in [0.2, 0.25) is 0 Å². The van der Waals surface area contributed by atoms with Crippen LogP contribution in [0.1, 0.15) is 39.3 Å². The lowest BCUT2D eigenvalue weighted by atomic mass is 9.96. The highest BCUT2D eigenvalue weighted by atomic mass is 32.1. The van der Waals surface area contributed by atoms with Crippen LogP contribution in [0.3, 0.4) is 0 Å². The highest BCUT2D eigenvalue weighted by Gasteiger charge is 2.34. The predicted molar refractivity (Wildman–Crippen MR) is 86.3 cm³/mol. The molecular formula is C15H21N3O4S. The van der Waals surface area contributed by atoms with E-state index in [-0.39, 0.29) is 18.2 Å². The number of carbonyl (C=O) groups is 3. The largest absolute Gasteiger partial charge is 0.480 e. The van der Waals surface area contributed by atoms with Crippen molar-refractivity contribution < 1.29 is 19.5 Å². The molecule has 2 N–H and O–H groups in total. The molecule has 1 aliphatic heterocycles. The summed E-state index contributed by atoms with van der Waals surface area (Å²) in [6, 6.07) is -0.735. The average Bonchev–Trinajstić information content (AvgIpc) is 3.06. The number of carbonyl (C=O) groups excluding carboxylic acids is 2. The molecule has 0 spiro atoms. The molecule has 126 valence electrons. The number of aromatic nitrogens is 1. The van der Waals surface area contributed by atoms with Gasteiger partial charge in [-0.25, -0.2) is 9.78 Å². The molecule has 0 saturated carbocycles. The van der Waals surface area contributed by atoms with E-state index in [0.717, 1.165) is 0 Å². The number of aliphatic carboxylic acids is 1. The van der Waals surface area contributed by atoms with Crippen LogP contribution in [0, 0.1) is 5.41 Å². The molecule has 1 aromatic rings. The van der Waals surface area contributed by atoms with Gasteiger partial charge in [0.2, 0.25) is 11.8 Å². The van der Waals surface area contributed by atoms with E-state index >= 15 is 0 Å². The van der Waals surface area contributed by atoms with Gasteiger partial charge in [-0.15, -0.1) is 11.3 Å². The van der Waals surface area contributed by atoms with Gasteiger partial charge in [0.05, 0.1) is 12.1 Å². The molecule has 0 radical (unpaired) electrons.